The van der Waals surface area contributed by atoms with Crippen molar-refractivity contribution >= 4 is 18.1 Å². The summed E-state index contributed by atoms with van der Waals surface area (Å²) in [6, 6.07) is 0. The van der Waals surface area contributed by atoms with Crippen molar-refractivity contribution in [3.05, 3.63) is 12.0 Å². The van der Waals surface area contributed by atoms with Gasteiger partial charge in [-0.1, -0.05) is 13.8 Å². The second-order valence-electron chi connectivity index (χ2n) is 3.88. The van der Waals surface area contributed by atoms with Crippen molar-refractivity contribution < 1.29 is 4.79 Å². The van der Waals surface area contributed by atoms with Gasteiger partial charge in [0.25, 0.3) is 0 Å². The summed E-state index contributed by atoms with van der Waals surface area (Å²) < 4.78 is 1.85. The Balaban J connectivity index is 3.00. The number of hydrogen-bond donors (Lipinski definition) is 2. The van der Waals surface area contributed by atoms with Gasteiger partial charge >= 0.3 is 0 Å². The Bertz CT molecular complexity index is 394. The van der Waals surface area contributed by atoms with Crippen LogP contribution in [0.15, 0.2) is 11.3 Å². The highest BCUT2D eigenvalue weighted by Crippen LogP contribution is 2.14. The Morgan fingerprint density at radius 1 is 1.75 bits per heavy atom. The van der Waals surface area contributed by atoms with Gasteiger partial charge in [-0.3, -0.25) is 9.79 Å². The van der Waals surface area contributed by atoms with Gasteiger partial charge in [-0.2, -0.15) is 0 Å². The minimum atomic E-state index is 0.258. The predicted octanol–water partition coefficient (Wildman–Crippen LogP) is 0.708. The molecule has 16 heavy (non-hydrogen) atoms. The van der Waals surface area contributed by atoms with E-state index in [1.165, 1.54) is 0 Å². The van der Waals surface area contributed by atoms with Gasteiger partial charge in [0.05, 0.1) is 6.33 Å². The molecule has 0 atom stereocenters. The Hall–Kier alpha value is -1.85. The minimum absolute atomic E-state index is 0.258. The molecule has 0 bridgehead atoms. The van der Waals surface area contributed by atoms with E-state index in [0.717, 1.165) is 6.54 Å². The van der Waals surface area contributed by atoms with Crippen LogP contribution in [0, 0.1) is 5.92 Å². The zero-order chi connectivity index (χ0) is 12.1. The molecule has 1 heterocycles. The van der Waals surface area contributed by atoms with E-state index >= 15 is 0 Å². The van der Waals surface area contributed by atoms with Crippen molar-refractivity contribution in [2.45, 2.75) is 20.4 Å². The maximum Gasteiger partial charge on any atom is 0.194 e. The van der Waals surface area contributed by atoms with Crippen molar-refractivity contribution in [2.75, 3.05) is 12.4 Å². The fourth-order valence-electron chi connectivity index (χ4n) is 1.33. The molecule has 6 nitrogen and oxygen atoms in total. The van der Waals surface area contributed by atoms with Crippen molar-refractivity contribution in [1.29, 1.82) is 0 Å². The molecule has 88 valence electrons. The van der Waals surface area contributed by atoms with E-state index < -0.39 is 0 Å². The molecule has 0 fully saturated rings. The maximum atomic E-state index is 10.8. The number of nitrogens with one attached hydrogen (secondary N) is 1. The number of nitrogens with zero attached hydrogens (tertiary/aromatic N) is 3. The molecule has 0 saturated carbocycles. The SMILES string of the molecule is CN=C(N)Nc1c(C=O)ncn1CC(C)C. The van der Waals surface area contributed by atoms with Crippen LogP contribution in [-0.4, -0.2) is 28.8 Å². The molecule has 0 radical (unpaired) electrons. The van der Waals surface area contributed by atoms with Crippen LogP contribution in [0.5, 0.6) is 0 Å². The Kier molecular flexibility index (Phi) is 4.04. The highest BCUT2D eigenvalue weighted by molar-refractivity contribution is 5.95. The number of aromatic nitrogens is 2. The van der Waals surface area contributed by atoms with Gasteiger partial charge in [0.2, 0.25) is 0 Å². The highest BCUT2D eigenvalue weighted by Gasteiger charge is 2.11. The number of anilines is 1. The lowest BCUT2D eigenvalue weighted by Gasteiger charge is -2.12. The van der Waals surface area contributed by atoms with E-state index in [0.29, 0.717) is 23.7 Å². The fraction of sp³-hybridized carbons (Fsp3) is 0.500. The quantitative estimate of drug-likeness (QED) is 0.447. The van der Waals surface area contributed by atoms with E-state index in [9.17, 15) is 4.79 Å². The zero-order valence-corrected chi connectivity index (χ0v) is 9.77. The molecule has 1 aromatic heterocycles. The number of carbonyl (C=O) groups is 1. The first-order valence-electron chi connectivity index (χ1n) is 5.08. The molecule has 0 spiro atoms. The van der Waals surface area contributed by atoms with Gasteiger partial charge in [-0.05, 0) is 5.92 Å². The lowest BCUT2D eigenvalue weighted by Crippen LogP contribution is -2.25. The van der Waals surface area contributed by atoms with Gasteiger partial charge in [-0.15, -0.1) is 0 Å². The number of hydrogen-bond acceptors (Lipinski definition) is 3. The van der Waals surface area contributed by atoms with E-state index in [1.54, 1.807) is 13.4 Å². The lowest BCUT2D eigenvalue weighted by molar-refractivity contribution is 0.112. The standard InChI is InChI=1S/C10H17N5O/c1-7(2)4-15-6-13-8(5-16)9(15)14-10(11)12-3/h5-7H,4H2,1-3H3,(H3,11,12,14). The average molecular weight is 223 g/mol. The normalized spacial score (nSPS) is 11.9. The molecule has 0 amide bonds. The van der Waals surface area contributed by atoms with Crippen molar-refractivity contribution in [3.63, 3.8) is 0 Å². The number of aliphatic imine (C=N–C) groups is 1. The maximum absolute atomic E-state index is 10.8. The van der Waals surface area contributed by atoms with Crippen molar-refractivity contribution in [2.24, 2.45) is 16.6 Å². The van der Waals surface area contributed by atoms with E-state index in [4.69, 9.17) is 5.73 Å². The van der Waals surface area contributed by atoms with Crippen LogP contribution in [0.1, 0.15) is 24.3 Å². The van der Waals surface area contributed by atoms with Gasteiger partial charge in [-0.25, -0.2) is 4.98 Å². The third-order valence-corrected chi connectivity index (χ3v) is 2.03. The van der Waals surface area contributed by atoms with Crippen LogP contribution < -0.4 is 11.1 Å². The minimum Gasteiger partial charge on any atom is -0.370 e. The summed E-state index contributed by atoms with van der Waals surface area (Å²) in [5.74, 6) is 1.30. The molecular weight excluding hydrogens is 206 g/mol. The molecule has 0 unspecified atom stereocenters. The Labute approximate surface area is 94.6 Å². The van der Waals surface area contributed by atoms with Gasteiger partial charge in [0.15, 0.2) is 12.2 Å². The summed E-state index contributed by atoms with van der Waals surface area (Å²) in [7, 11) is 1.58. The number of imidazole rings is 1. The summed E-state index contributed by atoms with van der Waals surface area (Å²) in [6.45, 7) is 4.93. The van der Waals surface area contributed by atoms with Gasteiger partial charge < -0.3 is 15.6 Å². The van der Waals surface area contributed by atoms with Crippen LogP contribution in [-0.2, 0) is 6.54 Å². The molecule has 0 aromatic carbocycles. The zero-order valence-electron chi connectivity index (χ0n) is 9.77. The monoisotopic (exact) mass is 223 g/mol. The van der Waals surface area contributed by atoms with Crippen LogP contribution in [0.25, 0.3) is 0 Å². The highest BCUT2D eigenvalue weighted by atomic mass is 16.1. The lowest BCUT2D eigenvalue weighted by atomic mass is 10.2. The molecule has 6 heteroatoms. The molecule has 1 aromatic rings. The molecule has 0 aliphatic heterocycles. The van der Waals surface area contributed by atoms with Crippen molar-refractivity contribution in [3.8, 4) is 0 Å². The second-order valence-corrected chi connectivity index (χ2v) is 3.88. The summed E-state index contributed by atoms with van der Waals surface area (Å²) in [5.41, 5.74) is 5.91. The number of aldehydes is 1. The fourth-order valence-corrected chi connectivity index (χ4v) is 1.33. The molecule has 1 rings (SSSR count). The summed E-state index contributed by atoms with van der Waals surface area (Å²) >= 11 is 0. The second kappa shape index (κ2) is 5.29. The summed E-state index contributed by atoms with van der Waals surface area (Å²) in [4.78, 5) is 18.6. The molecule has 3 N–H and O–H groups in total. The molecule has 0 aliphatic rings. The number of rotatable bonds is 4. The van der Waals surface area contributed by atoms with Crippen LogP contribution in [0.3, 0.4) is 0 Å². The van der Waals surface area contributed by atoms with Gasteiger partial charge in [0, 0.05) is 13.6 Å². The van der Waals surface area contributed by atoms with Crippen molar-refractivity contribution in [1.82, 2.24) is 9.55 Å². The third kappa shape index (κ3) is 2.82. The number of nitrogens with two attached hydrogens (primary N) is 1. The van der Waals surface area contributed by atoms with Crippen LogP contribution in [0.4, 0.5) is 5.82 Å². The largest absolute Gasteiger partial charge is 0.370 e. The summed E-state index contributed by atoms with van der Waals surface area (Å²) in [5, 5.41) is 2.86. The van der Waals surface area contributed by atoms with Gasteiger partial charge in [0.1, 0.15) is 11.5 Å². The number of guanidine groups is 1. The smallest absolute Gasteiger partial charge is 0.194 e. The van der Waals surface area contributed by atoms with E-state index in [1.807, 2.05) is 4.57 Å². The van der Waals surface area contributed by atoms with E-state index in [-0.39, 0.29) is 5.96 Å². The summed E-state index contributed by atoms with van der Waals surface area (Å²) in [6.07, 6.45) is 2.32. The Morgan fingerprint density at radius 3 is 2.94 bits per heavy atom. The van der Waals surface area contributed by atoms with Crippen LogP contribution in [0.2, 0.25) is 0 Å². The molecule has 0 saturated heterocycles. The average Bonchev–Trinajstić information content (AvgIpc) is 2.60. The topological polar surface area (TPSA) is 85.3 Å². The number of carbonyl (C=O) groups excluding carboxylic acids is 1. The van der Waals surface area contributed by atoms with E-state index in [2.05, 4.69) is 29.1 Å². The first-order chi connectivity index (χ1) is 7.58. The Morgan fingerprint density at radius 2 is 2.44 bits per heavy atom. The first-order valence-corrected chi connectivity index (χ1v) is 5.08. The molecular formula is C10H17N5O. The third-order valence-electron chi connectivity index (χ3n) is 2.03. The van der Waals surface area contributed by atoms with Crippen LogP contribution >= 0.6 is 0 Å². The first kappa shape index (κ1) is 12.2. The molecule has 0 aliphatic carbocycles. The predicted molar refractivity (Wildman–Crippen MR) is 63.6 cm³/mol.